The first kappa shape index (κ1) is 14.4. The van der Waals surface area contributed by atoms with E-state index in [0.717, 1.165) is 19.6 Å². The van der Waals surface area contributed by atoms with Crippen molar-refractivity contribution in [3.8, 4) is 0 Å². The molecule has 0 radical (unpaired) electrons. The summed E-state index contributed by atoms with van der Waals surface area (Å²) in [4.78, 5) is 28.5. The number of amides is 1. The van der Waals surface area contributed by atoms with Crippen molar-refractivity contribution in [3.05, 3.63) is 48.2 Å². The van der Waals surface area contributed by atoms with Crippen LogP contribution in [0, 0.1) is 0 Å². The summed E-state index contributed by atoms with van der Waals surface area (Å²) in [5.41, 5.74) is 7.19. The molecule has 1 aliphatic heterocycles. The molecule has 0 aliphatic carbocycles. The molecule has 1 aliphatic rings. The van der Waals surface area contributed by atoms with Gasteiger partial charge in [-0.1, -0.05) is 0 Å². The molecule has 7 nitrogen and oxygen atoms in total. The highest BCUT2D eigenvalue weighted by atomic mass is 16.2. The monoisotopic (exact) mass is 298 g/mol. The number of rotatable bonds is 3. The van der Waals surface area contributed by atoms with Crippen molar-refractivity contribution in [1.82, 2.24) is 24.8 Å². The molecule has 1 saturated heterocycles. The van der Waals surface area contributed by atoms with Gasteiger partial charge in [-0.25, -0.2) is 9.97 Å². The van der Waals surface area contributed by atoms with Gasteiger partial charge in [0.15, 0.2) is 11.5 Å². The third kappa shape index (κ3) is 3.20. The van der Waals surface area contributed by atoms with E-state index in [0.29, 0.717) is 13.1 Å². The lowest BCUT2D eigenvalue weighted by Gasteiger charge is -2.34. The average Bonchev–Trinajstić information content (AvgIpc) is 2.56. The van der Waals surface area contributed by atoms with Gasteiger partial charge in [0.2, 0.25) is 0 Å². The van der Waals surface area contributed by atoms with E-state index in [1.165, 1.54) is 18.0 Å². The predicted molar refractivity (Wildman–Crippen MR) is 81.9 cm³/mol. The molecule has 114 valence electrons. The van der Waals surface area contributed by atoms with Crippen LogP contribution in [0.5, 0.6) is 0 Å². The van der Waals surface area contributed by atoms with Gasteiger partial charge in [0.1, 0.15) is 0 Å². The van der Waals surface area contributed by atoms with E-state index in [1.807, 2.05) is 12.1 Å². The number of nitrogens with zero attached hydrogens (tertiary/aromatic N) is 5. The fourth-order valence-corrected chi connectivity index (χ4v) is 2.52. The molecule has 2 aromatic rings. The summed E-state index contributed by atoms with van der Waals surface area (Å²) in [5.74, 6) is 0.0425. The summed E-state index contributed by atoms with van der Waals surface area (Å²) in [6.07, 6.45) is 6.57. The van der Waals surface area contributed by atoms with E-state index in [1.54, 1.807) is 17.3 Å². The van der Waals surface area contributed by atoms with Crippen LogP contribution in [0.15, 0.2) is 36.9 Å². The van der Waals surface area contributed by atoms with Gasteiger partial charge in [-0.2, -0.15) is 0 Å². The van der Waals surface area contributed by atoms with Gasteiger partial charge in [0.25, 0.3) is 5.91 Å². The highest BCUT2D eigenvalue weighted by molar-refractivity contribution is 5.96. The molecule has 7 heteroatoms. The lowest BCUT2D eigenvalue weighted by Crippen LogP contribution is -2.48. The van der Waals surface area contributed by atoms with Gasteiger partial charge < -0.3 is 10.6 Å². The van der Waals surface area contributed by atoms with Gasteiger partial charge in [0.05, 0.1) is 0 Å². The first-order valence-electron chi connectivity index (χ1n) is 7.21. The number of pyridine rings is 1. The second kappa shape index (κ2) is 6.48. The summed E-state index contributed by atoms with van der Waals surface area (Å²) in [6.45, 7) is 3.86. The third-order valence-corrected chi connectivity index (χ3v) is 3.74. The minimum atomic E-state index is -0.144. The maximum Gasteiger partial charge on any atom is 0.276 e. The molecular formula is C15H18N6O. The fraction of sp³-hybridized carbons (Fsp3) is 0.333. The third-order valence-electron chi connectivity index (χ3n) is 3.74. The largest absolute Gasteiger partial charge is 0.382 e. The standard InChI is InChI=1S/C15H18N6O/c16-14-13(18-5-6-19-14)15(22)21-9-7-20(8-10-21)11-12-1-3-17-4-2-12/h1-6H,7-11H2,(H2,16,19). The smallest absolute Gasteiger partial charge is 0.276 e. The molecule has 3 rings (SSSR count). The van der Waals surface area contributed by atoms with E-state index < -0.39 is 0 Å². The SMILES string of the molecule is Nc1nccnc1C(=O)N1CCN(Cc2ccncc2)CC1. The Morgan fingerprint density at radius 1 is 1.05 bits per heavy atom. The Morgan fingerprint density at radius 3 is 2.41 bits per heavy atom. The fourth-order valence-electron chi connectivity index (χ4n) is 2.52. The van der Waals surface area contributed by atoms with E-state index >= 15 is 0 Å². The molecule has 0 aromatic carbocycles. The number of anilines is 1. The lowest BCUT2D eigenvalue weighted by molar-refractivity contribution is 0.0623. The minimum Gasteiger partial charge on any atom is -0.382 e. The Kier molecular flexibility index (Phi) is 4.24. The van der Waals surface area contributed by atoms with E-state index in [2.05, 4.69) is 19.9 Å². The second-order valence-corrected chi connectivity index (χ2v) is 5.21. The van der Waals surface area contributed by atoms with Crippen LogP contribution < -0.4 is 5.73 Å². The number of carbonyl (C=O) groups excluding carboxylic acids is 1. The van der Waals surface area contributed by atoms with Crippen LogP contribution >= 0.6 is 0 Å². The van der Waals surface area contributed by atoms with Crippen LogP contribution in [-0.4, -0.2) is 56.8 Å². The molecule has 2 N–H and O–H groups in total. The quantitative estimate of drug-likeness (QED) is 0.883. The van der Waals surface area contributed by atoms with Crippen molar-refractivity contribution in [3.63, 3.8) is 0 Å². The molecule has 0 saturated carbocycles. The van der Waals surface area contributed by atoms with E-state index in [-0.39, 0.29) is 17.4 Å². The number of nitrogens with two attached hydrogens (primary N) is 1. The number of piperazine rings is 1. The van der Waals surface area contributed by atoms with Crippen molar-refractivity contribution in [1.29, 1.82) is 0 Å². The Labute approximate surface area is 128 Å². The van der Waals surface area contributed by atoms with Crippen molar-refractivity contribution >= 4 is 11.7 Å². The highest BCUT2D eigenvalue weighted by Gasteiger charge is 2.24. The summed E-state index contributed by atoms with van der Waals surface area (Å²) in [7, 11) is 0. The van der Waals surface area contributed by atoms with E-state index in [9.17, 15) is 4.79 Å². The molecule has 1 fully saturated rings. The zero-order chi connectivity index (χ0) is 15.4. The second-order valence-electron chi connectivity index (χ2n) is 5.21. The van der Waals surface area contributed by atoms with Gasteiger partial charge in [0, 0.05) is 57.5 Å². The molecule has 0 bridgehead atoms. The lowest BCUT2D eigenvalue weighted by atomic mass is 10.2. The van der Waals surface area contributed by atoms with Crippen LogP contribution in [0.25, 0.3) is 0 Å². The van der Waals surface area contributed by atoms with Crippen molar-refractivity contribution < 1.29 is 4.79 Å². The molecule has 3 heterocycles. The number of carbonyl (C=O) groups is 1. The normalized spacial score (nSPS) is 15.7. The first-order chi connectivity index (χ1) is 10.7. The van der Waals surface area contributed by atoms with Crippen LogP contribution in [0.2, 0.25) is 0 Å². The van der Waals surface area contributed by atoms with Gasteiger partial charge in [-0.15, -0.1) is 0 Å². The van der Waals surface area contributed by atoms with Crippen LogP contribution in [0.1, 0.15) is 16.1 Å². The maximum absolute atomic E-state index is 12.4. The van der Waals surface area contributed by atoms with Crippen LogP contribution in [0.3, 0.4) is 0 Å². The number of nitrogen functional groups attached to an aromatic ring is 1. The molecule has 1 amide bonds. The van der Waals surface area contributed by atoms with E-state index in [4.69, 9.17) is 5.73 Å². The topological polar surface area (TPSA) is 88.2 Å². The molecule has 0 unspecified atom stereocenters. The Hall–Kier alpha value is -2.54. The molecule has 0 atom stereocenters. The Morgan fingerprint density at radius 2 is 1.73 bits per heavy atom. The Bertz CT molecular complexity index is 639. The molecule has 22 heavy (non-hydrogen) atoms. The summed E-state index contributed by atoms with van der Waals surface area (Å²) < 4.78 is 0. The van der Waals surface area contributed by atoms with Crippen molar-refractivity contribution in [2.75, 3.05) is 31.9 Å². The van der Waals surface area contributed by atoms with Crippen molar-refractivity contribution in [2.45, 2.75) is 6.54 Å². The summed E-state index contributed by atoms with van der Waals surface area (Å²) in [5, 5.41) is 0. The highest BCUT2D eigenvalue weighted by Crippen LogP contribution is 2.12. The average molecular weight is 298 g/mol. The zero-order valence-corrected chi connectivity index (χ0v) is 12.2. The number of aromatic nitrogens is 3. The van der Waals surface area contributed by atoms with Gasteiger partial charge in [-0.05, 0) is 17.7 Å². The summed E-state index contributed by atoms with van der Waals surface area (Å²) in [6, 6.07) is 4.02. The van der Waals surface area contributed by atoms with Crippen LogP contribution in [0.4, 0.5) is 5.82 Å². The van der Waals surface area contributed by atoms with Gasteiger partial charge >= 0.3 is 0 Å². The predicted octanol–water partition coefficient (Wildman–Crippen LogP) is 0.412. The van der Waals surface area contributed by atoms with Crippen molar-refractivity contribution in [2.24, 2.45) is 0 Å². The zero-order valence-electron chi connectivity index (χ0n) is 12.2. The maximum atomic E-state index is 12.4. The Balaban J connectivity index is 1.58. The summed E-state index contributed by atoms with van der Waals surface area (Å²) >= 11 is 0. The van der Waals surface area contributed by atoms with Crippen LogP contribution in [-0.2, 0) is 6.54 Å². The first-order valence-corrected chi connectivity index (χ1v) is 7.21. The van der Waals surface area contributed by atoms with Gasteiger partial charge in [-0.3, -0.25) is 14.7 Å². The molecular weight excluding hydrogens is 280 g/mol. The molecule has 2 aromatic heterocycles. The molecule has 0 spiro atoms. The number of hydrogen-bond donors (Lipinski definition) is 1. The minimum absolute atomic E-state index is 0.144. The number of hydrogen-bond acceptors (Lipinski definition) is 6.